The highest BCUT2D eigenvalue weighted by atomic mass is 32.2. The molecule has 0 spiro atoms. The average Bonchev–Trinajstić information content (AvgIpc) is 2.64. The summed E-state index contributed by atoms with van der Waals surface area (Å²) in [5.74, 6) is 1.08. The molecule has 7 nitrogen and oxygen atoms in total. The fourth-order valence-electron chi connectivity index (χ4n) is 3.23. The number of nitrogens with zero attached hydrogens (tertiary/aromatic N) is 1. The van der Waals surface area contributed by atoms with Crippen LogP contribution in [0.5, 0.6) is 11.5 Å². The molecule has 146 valence electrons. The highest BCUT2D eigenvalue weighted by Gasteiger charge is 2.30. The van der Waals surface area contributed by atoms with Crippen molar-refractivity contribution in [1.29, 1.82) is 0 Å². The summed E-state index contributed by atoms with van der Waals surface area (Å²) in [7, 11) is -0.0213. The normalized spacial score (nSPS) is 17.5. The van der Waals surface area contributed by atoms with Crippen LogP contribution in [0.15, 0.2) is 18.2 Å². The zero-order valence-corrected chi connectivity index (χ0v) is 16.6. The summed E-state index contributed by atoms with van der Waals surface area (Å²) in [6, 6.07) is 5.49. The van der Waals surface area contributed by atoms with Gasteiger partial charge in [-0.15, -0.1) is 0 Å². The number of nitrogens with one attached hydrogen (secondary N) is 1. The molecular weight excluding hydrogens is 356 g/mol. The van der Waals surface area contributed by atoms with Gasteiger partial charge in [-0.1, -0.05) is 13.0 Å². The molecule has 26 heavy (non-hydrogen) atoms. The lowest BCUT2D eigenvalue weighted by Gasteiger charge is -2.30. The van der Waals surface area contributed by atoms with Gasteiger partial charge in [0.1, 0.15) is 0 Å². The third-order valence-electron chi connectivity index (χ3n) is 4.83. The van der Waals surface area contributed by atoms with Crippen LogP contribution in [0, 0.1) is 5.92 Å². The lowest BCUT2D eigenvalue weighted by atomic mass is 9.95. The topological polar surface area (TPSA) is 84.9 Å². The first-order valence-electron chi connectivity index (χ1n) is 8.77. The average molecular weight is 384 g/mol. The molecule has 1 amide bonds. The Morgan fingerprint density at radius 2 is 1.85 bits per heavy atom. The predicted molar refractivity (Wildman–Crippen MR) is 99.9 cm³/mol. The van der Waals surface area contributed by atoms with Crippen LogP contribution in [0.1, 0.15) is 37.8 Å². The maximum atomic E-state index is 12.6. The molecule has 0 unspecified atom stereocenters. The molecule has 1 saturated heterocycles. The number of hydrogen-bond acceptors (Lipinski definition) is 5. The van der Waals surface area contributed by atoms with Crippen molar-refractivity contribution in [3.8, 4) is 11.5 Å². The highest BCUT2D eigenvalue weighted by Crippen LogP contribution is 2.31. The van der Waals surface area contributed by atoms with E-state index in [2.05, 4.69) is 5.32 Å². The van der Waals surface area contributed by atoms with Crippen molar-refractivity contribution in [2.45, 2.75) is 32.2 Å². The Morgan fingerprint density at radius 3 is 2.35 bits per heavy atom. The summed E-state index contributed by atoms with van der Waals surface area (Å²) in [6.07, 6.45) is 3.03. The maximum Gasteiger partial charge on any atom is 0.223 e. The van der Waals surface area contributed by atoms with Gasteiger partial charge in [0.15, 0.2) is 11.5 Å². The van der Waals surface area contributed by atoms with Crippen molar-refractivity contribution >= 4 is 15.9 Å². The minimum atomic E-state index is -3.18. The van der Waals surface area contributed by atoms with Crippen LogP contribution in [0.25, 0.3) is 0 Å². The molecule has 0 bridgehead atoms. The van der Waals surface area contributed by atoms with Crippen LogP contribution in [0.4, 0.5) is 0 Å². The van der Waals surface area contributed by atoms with Gasteiger partial charge in [-0.05, 0) is 37.0 Å². The van der Waals surface area contributed by atoms with Gasteiger partial charge in [0.05, 0.1) is 26.5 Å². The molecule has 0 aliphatic carbocycles. The van der Waals surface area contributed by atoms with E-state index in [0.29, 0.717) is 37.4 Å². The van der Waals surface area contributed by atoms with E-state index in [1.807, 2.05) is 25.1 Å². The first kappa shape index (κ1) is 20.5. The Balaban J connectivity index is 2.03. The van der Waals surface area contributed by atoms with Gasteiger partial charge in [0.2, 0.25) is 15.9 Å². The monoisotopic (exact) mass is 384 g/mol. The molecule has 1 aromatic rings. The van der Waals surface area contributed by atoms with E-state index in [1.165, 1.54) is 10.6 Å². The number of methoxy groups -OCH3 is 2. The number of ether oxygens (including phenoxy) is 2. The zero-order valence-electron chi connectivity index (χ0n) is 15.8. The van der Waals surface area contributed by atoms with Crippen molar-refractivity contribution in [3.05, 3.63) is 23.8 Å². The SMILES string of the molecule is CC[C@@H](NC(=O)C1CCN(S(C)(=O)=O)CC1)c1ccc(OC)c(OC)c1. The van der Waals surface area contributed by atoms with Crippen LogP contribution in [0.2, 0.25) is 0 Å². The Bertz CT molecular complexity index is 727. The molecule has 1 atom stereocenters. The number of rotatable bonds is 7. The second-order valence-electron chi connectivity index (χ2n) is 6.52. The van der Waals surface area contributed by atoms with Crippen LogP contribution >= 0.6 is 0 Å². The minimum absolute atomic E-state index is 0.0280. The molecule has 0 saturated carbocycles. The van der Waals surface area contributed by atoms with E-state index < -0.39 is 10.0 Å². The predicted octanol–water partition coefficient (Wildman–Crippen LogP) is 1.94. The number of hydrogen-bond donors (Lipinski definition) is 1. The summed E-state index contributed by atoms with van der Waals surface area (Å²) in [5.41, 5.74) is 0.951. The fraction of sp³-hybridized carbons (Fsp3) is 0.611. The second-order valence-corrected chi connectivity index (χ2v) is 8.50. The lowest BCUT2D eigenvalue weighted by Crippen LogP contribution is -2.43. The summed E-state index contributed by atoms with van der Waals surface area (Å²) < 4.78 is 35.2. The molecule has 0 radical (unpaired) electrons. The standard InChI is InChI=1S/C18H28N2O5S/c1-5-15(14-6-7-16(24-2)17(12-14)25-3)19-18(21)13-8-10-20(11-9-13)26(4,22)23/h6-7,12-13,15H,5,8-11H2,1-4H3,(H,19,21)/t15-/m1/s1. The quantitative estimate of drug-likeness (QED) is 0.777. The first-order chi connectivity index (χ1) is 12.3. The minimum Gasteiger partial charge on any atom is -0.493 e. The van der Waals surface area contributed by atoms with Gasteiger partial charge in [0.25, 0.3) is 0 Å². The lowest BCUT2D eigenvalue weighted by molar-refractivity contribution is -0.126. The van der Waals surface area contributed by atoms with Crippen LogP contribution < -0.4 is 14.8 Å². The van der Waals surface area contributed by atoms with Gasteiger partial charge in [0, 0.05) is 19.0 Å². The summed E-state index contributed by atoms with van der Waals surface area (Å²) >= 11 is 0. The first-order valence-corrected chi connectivity index (χ1v) is 10.6. The third-order valence-corrected chi connectivity index (χ3v) is 6.13. The molecule has 1 aliphatic heterocycles. The Kier molecular flexibility index (Phi) is 6.88. The van der Waals surface area contributed by atoms with E-state index in [0.717, 1.165) is 12.0 Å². The molecule has 8 heteroatoms. The van der Waals surface area contributed by atoms with E-state index in [9.17, 15) is 13.2 Å². The zero-order chi connectivity index (χ0) is 19.3. The fourth-order valence-corrected chi connectivity index (χ4v) is 4.10. The van der Waals surface area contributed by atoms with Gasteiger partial charge >= 0.3 is 0 Å². The molecule has 1 aliphatic rings. The van der Waals surface area contributed by atoms with Gasteiger partial charge in [-0.3, -0.25) is 4.79 Å². The van der Waals surface area contributed by atoms with Crippen molar-refractivity contribution in [2.24, 2.45) is 5.92 Å². The van der Waals surface area contributed by atoms with Crippen LogP contribution in [0.3, 0.4) is 0 Å². The number of piperidine rings is 1. The molecule has 1 aromatic carbocycles. The second kappa shape index (κ2) is 8.73. The van der Waals surface area contributed by atoms with E-state index >= 15 is 0 Å². The number of amides is 1. The van der Waals surface area contributed by atoms with Gasteiger partial charge < -0.3 is 14.8 Å². The number of carbonyl (C=O) groups is 1. The number of benzene rings is 1. The van der Waals surface area contributed by atoms with Crippen molar-refractivity contribution in [1.82, 2.24) is 9.62 Å². The third kappa shape index (κ3) is 4.88. The van der Waals surface area contributed by atoms with Crippen LogP contribution in [-0.4, -0.2) is 52.2 Å². The summed E-state index contributed by atoms with van der Waals surface area (Å²) in [5, 5.41) is 3.09. The van der Waals surface area contributed by atoms with Crippen molar-refractivity contribution in [2.75, 3.05) is 33.6 Å². The van der Waals surface area contributed by atoms with Crippen LogP contribution in [-0.2, 0) is 14.8 Å². The molecule has 2 rings (SSSR count). The largest absolute Gasteiger partial charge is 0.493 e. The Labute approximate surface area is 155 Å². The van der Waals surface area contributed by atoms with Crippen molar-refractivity contribution in [3.63, 3.8) is 0 Å². The Morgan fingerprint density at radius 1 is 1.23 bits per heavy atom. The molecule has 1 heterocycles. The van der Waals surface area contributed by atoms with E-state index in [4.69, 9.17) is 9.47 Å². The van der Waals surface area contributed by atoms with Gasteiger partial charge in [-0.2, -0.15) is 0 Å². The summed E-state index contributed by atoms with van der Waals surface area (Å²) in [6.45, 7) is 2.79. The maximum absolute atomic E-state index is 12.6. The summed E-state index contributed by atoms with van der Waals surface area (Å²) in [4.78, 5) is 12.6. The van der Waals surface area contributed by atoms with Crippen molar-refractivity contribution < 1.29 is 22.7 Å². The molecule has 1 N–H and O–H groups in total. The number of sulfonamides is 1. The van der Waals surface area contributed by atoms with Gasteiger partial charge in [-0.25, -0.2) is 12.7 Å². The highest BCUT2D eigenvalue weighted by molar-refractivity contribution is 7.88. The van der Waals surface area contributed by atoms with E-state index in [-0.39, 0.29) is 17.9 Å². The smallest absolute Gasteiger partial charge is 0.223 e. The molecular formula is C18H28N2O5S. The molecule has 1 fully saturated rings. The molecule has 0 aromatic heterocycles. The van der Waals surface area contributed by atoms with E-state index in [1.54, 1.807) is 14.2 Å². The Hall–Kier alpha value is -1.80. The number of carbonyl (C=O) groups excluding carboxylic acids is 1.